The predicted molar refractivity (Wildman–Crippen MR) is 71.7 cm³/mol. The molecule has 2 nitrogen and oxygen atoms in total. The summed E-state index contributed by atoms with van der Waals surface area (Å²) in [6, 6.07) is 14.2. The van der Waals surface area contributed by atoms with Crippen molar-refractivity contribution in [2.45, 2.75) is 19.8 Å². The van der Waals surface area contributed by atoms with Crippen LogP contribution in [-0.2, 0) is 0 Å². The highest BCUT2D eigenvalue weighted by atomic mass is 19.1. The summed E-state index contributed by atoms with van der Waals surface area (Å²) in [6.45, 7) is 3.85. The lowest BCUT2D eigenvalue weighted by atomic mass is 9.97. The highest BCUT2D eigenvalue weighted by molar-refractivity contribution is 5.47. The first-order chi connectivity index (χ1) is 9.13. The fourth-order valence-electron chi connectivity index (χ4n) is 1.86. The molecular formula is C16H14FNO. The lowest BCUT2D eigenvalue weighted by molar-refractivity contribution is 0.440. The van der Waals surface area contributed by atoms with Crippen LogP contribution in [0.25, 0.3) is 0 Å². The number of benzene rings is 2. The van der Waals surface area contributed by atoms with E-state index in [1.807, 2.05) is 26.0 Å². The number of halogens is 1. The second kappa shape index (κ2) is 5.53. The van der Waals surface area contributed by atoms with Crippen LogP contribution in [-0.4, -0.2) is 0 Å². The van der Waals surface area contributed by atoms with Crippen LogP contribution in [0.3, 0.4) is 0 Å². The predicted octanol–water partition coefficient (Wildman–Crippen LogP) is 4.61. The van der Waals surface area contributed by atoms with Crippen molar-refractivity contribution in [2.24, 2.45) is 0 Å². The van der Waals surface area contributed by atoms with E-state index in [9.17, 15) is 4.39 Å². The number of rotatable bonds is 3. The van der Waals surface area contributed by atoms with Gasteiger partial charge in [-0.1, -0.05) is 38.1 Å². The average molecular weight is 255 g/mol. The molecule has 0 radical (unpaired) electrons. The SMILES string of the molecule is CC(C)c1ccc(Oc2ccccc2)c(F)c1C#N. The molecule has 2 aromatic rings. The number of nitrogens with zero attached hydrogens (tertiary/aromatic N) is 1. The molecule has 96 valence electrons. The molecule has 0 aliphatic rings. The van der Waals surface area contributed by atoms with Crippen molar-refractivity contribution >= 4 is 0 Å². The number of nitriles is 1. The molecular weight excluding hydrogens is 241 g/mol. The Balaban J connectivity index is 2.41. The zero-order valence-corrected chi connectivity index (χ0v) is 10.9. The van der Waals surface area contributed by atoms with Crippen LogP contribution in [0, 0.1) is 17.1 Å². The van der Waals surface area contributed by atoms with Gasteiger partial charge in [-0.15, -0.1) is 0 Å². The van der Waals surface area contributed by atoms with Crippen LogP contribution in [0.15, 0.2) is 42.5 Å². The molecule has 0 amide bonds. The van der Waals surface area contributed by atoms with Gasteiger partial charge in [-0.2, -0.15) is 5.26 Å². The third kappa shape index (κ3) is 2.74. The second-order valence-corrected chi connectivity index (χ2v) is 4.52. The van der Waals surface area contributed by atoms with Crippen LogP contribution in [0.5, 0.6) is 11.5 Å². The Morgan fingerprint density at radius 1 is 1.11 bits per heavy atom. The summed E-state index contributed by atoms with van der Waals surface area (Å²) in [7, 11) is 0. The Morgan fingerprint density at radius 2 is 1.79 bits per heavy atom. The maximum atomic E-state index is 14.2. The Hall–Kier alpha value is -2.34. The smallest absolute Gasteiger partial charge is 0.183 e. The van der Waals surface area contributed by atoms with E-state index < -0.39 is 5.82 Å². The van der Waals surface area contributed by atoms with Crippen LogP contribution in [0.1, 0.15) is 30.9 Å². The van der Waals surface area contributed by atoms with Crippen LogP contribution in [0.4, 0.5) is 4.39 Å². The lowest BCUT2D eigenvalue weighted by Gasteiger charge is -2.12. The van der Waals surface area contributed by atoms with E-state index in [-0.39, 0.29) is 17.2 Å². The molecule has 0 saturated carbocycles. The Bertz CT molecular complexity index is 615. The van der Waals surface area contributed by atoms with Gasteiger partial charge in [0.05, 0.1) is 5.56 Å². The molecule has 0 fully saturated rings. The van der Waals surface area contributed by atoms with Gasteiger partial charge >= 0.3 is 0 Å². The molecule has 0 saturated heterocycles. The summed E-state index contributed by atoms with van der Waals surface area (Å²) in [6.07, 6.45) is 0. The van der Waals surface area contributed by atoms with Crippen molar-refractivity contribution in [2.75, 3.05) is 0 Å². The number of ether oxygens (including phenoxy) is 1. The zero-order valence-electron chi connectivity index (χ0n) is 10.9. The van der Waals surface area contributed by atoms with Crippen LogP contribution in [0.2, 0.25) is 0 Å². The molecule has 0 N–H and O–H groups in total. The summed E-state index contributed by atoms with van der Waals surface area (Å²) >= 11 is 0. The van der Waals surface area contributed by atoms with Gasteiger partial charge < -0.3 is 4.74 Å². The molecule has 0 bridgehead atoms. The topological polar surface area (TPSA) is 33.0 Å². The third-order valence-corrected chi connectivity index (χ3v) is 2.84. The molecule has 0 heterocycles. The summed E-state index contributed by atoms with van der Waals surface area (Å²) in [5.74, 6) is 0.113. The van der Waals surface area contributed by atoms with Crippen molar-refractivity contribution in [3.63, 3.8) is 0 Å². The Kier molecular flexibility index (Phi) is 3.82. The average Bonchev–Trinajstić information content (AvgIpc) is 2.41. The van der Waals surface area contributed by atoms with E-state index in [2.05, 4.69) is 0 Å². The molecule has 3 heteroatoms. The Morgan fingerprint density at radius 3 is 2.37 bits per heavy atom. The summed E-state index contributed by atoms with van der Waals surface area (Å²) in [5, 5.41) is 9.09. The van der Waals surface area contributed by atoms with E-state index in [4.69, 9.17) is 10.00 Å². The fraction of sp³-hybridized carbons (Fsp3) is 0.188. The van der Waals surface area contributed by atoms with Gasteiger partial charge in [0, 0.05) is 0 Å². The maximum Gasteiger partial charge on any atom is 0.183 e. The zero-order chi connectivity index (χ0) is 13.8. The third-order valence-electron chi connectivity index (χ3n) is 2.84. The molecule has 0 aliphatic heterocycles. The van der Waals surface area contributed by atoms with Crippen molar-refractivity contribution in [3.05, 3.63) is 59.4 Å². The number of hydrogen-bond acceptors (Lipinski definition) is 2. The molecule has 0 aliphatic carbocycles. The van der Waals surface area contributed by atoms with Crippen molar-refractivity contribution < 1.29 is 9.13 Å². The molecule has 19 heavy (non-hydrogen) atoms. The first-order valence-corrected chi connectivity index (χ1v) is 6.09. The standard InChI is InChI=1S/C16H14FNO/c1-11(2)13-8-9-15(16(17)14(13)10-18)19-12-6-4-3-5-7-12/h3-9,11H,1-2H3. The summed E-state index contributed by atoms with van der Waals surface area (Å²) in [5.41, 5.74) is 0.754. The Labute approximate surface area is 112 Å². The van der Waals surface area contributed by atoms with Crippen molar-refractivity contribution in [3.8, 4) is 17.6 Å². The summed E-state index contributed by atoms with van der Waals surface area (Å²) < 4.78 is 19.7. The minimum atomic E-state index is -0.599. The molecule has 0 atom stereocenters. The summed E-state index contributed by atoms with van der Waals surface area (Å²) in [4.78, 5) is 0. The highest BCUT2D eigenvalue weighted by Gasteiger charge is 2.16. The highest BCUT2D eigenvalue weighted by Crippen LogP contribution is 2.30. The first-order valence-electron chi connectivity index (χ1n) is 6.09. The van der Waals surface area contributed by atoms with Gasteiger partial charge in [-0.3, -0.25) is 0 Å². The van der Waals surface area contributed by atoms with Gasteiger partial charge in [0.25, 0.3) is 0 Å². The fourth-order valence-corrected chi connectivity index (χ4v) is 1.86. The quantitative estimate of drug-likeness (QED) is 0.802. The van der Waals surface area contributed by atoms with Crippen molar-refractivity contribution in [1.82, 2.24) is 0 Å². The minimum absolute atomic E-state index is 0.0587. The maximum absolute atomic E-state index is 14.2. The minimum Gasteiger partial charge on any atom is -0.454 e. The number of hydrogen-bond donors (Lipinski definition) is 0. The second-order valence-electron chi connectivity index (χ2n) is 4.52. The molecule has 0 spiro atoms. The van der Waals surface area contributed by atoms with Crippen LogP contribution >= 0.6 is 0 Å². The molecule has 2 aromatic carbocycles. The van der Waals surface area contributed by atoms with Gasteiger partial charge in [0.2, 0.25) is 0 Å². The molecule has 0 unspecified atom stereocenters. The van der Waals surface area contributed by atoms with E-state index in [0.29, 0.717) is 11.3 Å². The van der Waals surface area contributed by atoms with E-state index in [1.165, 1.54) is 0 Å². The first kappa shape index (κ1) is 13.1. The van der Waals surface area contributed by atoms with Crippen LogP contribution < -0.4 is 4.74 Å². The molecule has 0 aromatic heterocycles. The van der Waals surface area contributed by atoms with Gasteiger partial charge in [-0.05, 0) is 29.7 Å². The van der Waals surface area contributed by atoms with E-state index in [1.54, 1.807) is 36.4 Å². The van der Waals surface area contributed by atoms with Gasteiger partial charge in [-0.25, -0.2) is 4.39 Å². The largest absolute Gasteiger partial charge is 0.454 e. The lowest BCUT2D eigenvalue weighted by Crippen LogP contribution is -1.99. The molecule has 2 rings (SSSR count). The van der Waals surface area contributed by atoms with E-state index >= 15 is 0 Å². The number of para-hydroxylation sites is 1. The van der Waals surface area contributed by atoms with Gasteiger partial charge in [0.1, 0.15) is 11.8 Å². The monoisotopic (exact) mass is 255 g/mol. The van der Waals surface area contributed by atoms with Crippen molar-refractivity contribution in [1.29, 1.82) is 5.26 Å². The normalized spacial score (nSPS) is 10.3. The van der Waals surface area contributed by atoms with E-state index in [0.717, 1.165) is 0 Å². The van der Waals surface area contributed by atoms with Gasteiger partial charge in [0.15, 0.2) is 11.6 Å².